The summed E-state index contributed by atoms with van der Waals surface area (Å²) in [4.78, 5) is 27.2. The molecule has 1 unspecified atom stereocenters. The first-order chi connectivity index (χ1) is 10.8. The van der Waals surface area contributed by atoms with E-state index in [4.69, 9.17) is 14.2 Å². The molecule has 0 bridgehead atoms. The quantitative estimate of drug-likeness (QED) is 0.678. The number of alkyl carbamates (subject to hydrolysis) is 1. The van der Waals surface area contributed by atoms with Crippen LogP contribution >= 0.6 is 0 Å². The molecule has 0 fully saturated rings. The number of aliphatic imine (C=N–C) groups is 1. The van der Waals surface area contributed by atoms with E-state index in [1.54, 1.807) is 45.0 Å². The Morgan fingerprint density at radius 3 is 2.57 bits per heavy atom. The molecule has 1 aliphatic heterocycles. The number of nitrogens with zero attached hydrogens (tertiary/aromatic N) is 1. The Kier molecular flexibility index (Phi) is 5.20. The van der Waals surface area contributed by atoms with Crippen LogP contribution in [0.5, 0.6) is 5.75 Å². The molecule has 1 N–H and O–H groups in total. The summed E-state index contributed by atoms with van der Waals surface area (Å²) in [6.07, 6.45) is 0.768. The van der Waals surface area contributed by atoms with Gasteiger partial charge in [-0.05, 0) is 38.5 Å². The van der Waals surface area contributed by atoms with Crippen LogP contribution in [0, 0.1) is 0 Å². The Balaban J connectivity index is 1.81. The number of ether oxygens (including phenoxy) is 3. The van der Waals surface area contributed by atoms with Crippen LogP contribution in [0.3, 0.4) is 0 Å². The fourth-order valence-electron chi connectivity index (χ4n) is 1.77. The van der Waals surface area contributed by atoms with E-state index >= 15 is 0 Å². The van der Waals surface area contributed by atoms with Crippen LogP contribution in [0.2, 0.25) is 0 Å². The lowest BCUT2D eigenvalue weighted by molar-refractivity contribution is -0.136. The number of hydrogen-bond donors (Lipinski definition) is 1. The molecule has 7 nitrogen and oxygen atoms in total. The smallest absolute Gasteiger partial charge is 0.407 e. The second kappa shape index (κ2) is 7.13. The predicted octanol–water partition coefficient (Wildman–Crippen LogP) is 2.04. The fourth-order valence-corrected chi connectivity index (χ4v) is 1.77. The molecule has 1 aromatic rings. The van der Waals surface area contributed by atoms with Crippen molar-refractivity contribution in [3.63, 3.8) is 0 Å². The molecule has 7 heteroatoms. The summed E-state index contributed by atoms with van der Waals surface area (Å²) in [5, 5.41) is 2.66. The first kappa shape index (κ1) is 16.8. The third kappa shape index (κ3) is 5.61. The minimum atomic E-state index is -0.608. The topological polar surface area (TPSA) is 86.2 Å². The standard InChI is InChI=1S/C16H20N2O5/c1-16(2,3)23-15(20)17-8-11-4-6-12(7-5-11)22-14(19)13-9-21-10-18-13/h4-7,10,13H,8-9H2,1-3H3,(H,17,20). The highest BCUT2D eigenvalue weighted by atomic mass is 16.6. The molecule has 0 radical (unpaired) electrons. The van der Waals surface area contributed by atoms with Crippen LogP contribution in [0.25, 0.3) is 0 Å². The molecule has 0 spiro atoms. The molecule has 2 rings (SSSR count). The molecule has 0 saturated heterocycles. The summed E-state index contributed by atoms with van der Waals surface area (Å²) in [5.41, 5.74) is 0.326. The zero-order chi connectivity index (χ0) is 16.9. The Hall–Kier alpha value is -2.57. The largest absolute Gasteiger partial charge is 0.481 e. The first-order valence-electron chi connectivity index (χ1n) is 7.24. The van der Waals surface area contributed by atoms with Gasteiger partial charge in [-0.15, -0.1) is 0 Å². The summed E-state index contributed by atoms with van der Waals surface area (Å²) in [6.45, 7) is 5.93. The van der Waals surface area contributed by atoms with Crippen molar-refractivity contribution in [2.24, 2.45) is 4.99 Å². The van der Waals surface area contributed by atoms with Gasteiger partial charge in [-0.25, -0.2) is 14.6 Å². The number of rotatable bonds is 4. The number of carbonyl (C=O) groups is 2. The molecular formula is C16H20N2O5. The van der Waals surface area contributed by atoms with Crippen LogP contribution in [0.15, 0.2) is 29.3 Å². The van der Waals surface area contributed by atoms with Gasteiger partial charge in [0.2, 0.25) is 0 Å². The molecule has 1 heterocycles. The molecule has 0 aliphatic carbocycles. The van der Waals surface area contributed by atoms with Gasteiger partial charge in [0.15, 0.2) is 12.4 Å². The summed E-state index contributed by atoms with van der Waals surface area (Å²) < 4.78 is 15.2. The van der Waals surface area contributed by atoms with Gasteiger partial charge in [0.1, 0.15) is 18.0 Å². The number of esters is 1. The van der Waals surface area contributed by atoms with Crippen LogP contribution in [0.4, 0.5) is 4.79 Å². The summed E-state index contributed by atoms with van der Waals surface area (Å²) in [6, 6.07) is 6.22. The molecule has 1 aliphatic rings. The summed E-state index contributed by atoms with van der Waals surface area (Å²) in [7, 11) is 0. The first-order valence-corrected chi connectivity index (χ1v) is 7.24. The maximum absolute atomic E-state index is 11.8. The Morgan fingerprint density at radius 2 is 2.00 bits per heavy atom. The predicted molar refractivity (Wildman–Crippen MR) is 83.4 cm³/mol. The zero-order valence-corrected chi connectivity index (χ0v) is 13.4. The average Bonchev–Trinajstić information content (AvgIpc) is 2.99. The molecule has 0 aromatic heterocycles. The number of amides is 1. The second-order valence-corrected chi connectivity index (χ2v) is 6.02. The van der Waals surface area contributed by atoms with Gasteiger partial charge in [0, 0.05) is 6.54 Å². The lowest BCUT2D eigenvalue weighted by atomic mass is 10.2. The van der Waals surface area contributed by atoms with Gasteiger partial charge in [-0.1, -0.05) is 12.1 Å². The van der Waals surface area contributed by atoms with E-state index in [2.05, 4.69) is 10.3 Å². The lowest BCUT2D eigenvalue weighted by Crippen LogP contribution is -2.32. The van der Waals surface area contributed by atoms with Crippen molar-refractivity contribution >= 4 is 18.5 Å². The second-order valence-electron chi connectivity index (χ2n) is 6.02. The molecule has 1 atom stereocenters. The van der Waals surface area contributed by atoms with Crippen molar-refractivity contribution in [1.29, 1.82) is 0 Å². The van der Waals surface area contributed by atoms with Gasteiger partial charge < -0.3 is 19.5 Å². The monoisotopic (exact) mass is 320 g/mol. The van der Waals surface area contributed by atoms with Crippen molar-refractivity contribution in [2.45, 2.75) is 39.0 Å². The molecule has 0 saturated carbocycles. The molecular weight excluding hydrogens is 300 g/mol. The Labute approximate surface area is 134 Å². The number of benzene rings is 1. The lowest BCUT2D eigenvalue weighted by Gasteiger charge is -2.19. The maximum Gasteiger partial charge on any atom is 0.407 e. The van der Waals surface area contributed by atoms with Gasteiger partial charge in [-0.2, -0.15) is 0 Å². The van der Waals surface area contributed by atoms with Crippen LogP contribution in [-0.4, -0.2) is 36.7 Å². The minimum absolute atomic E-state index is 0.205. The summed E-state index contributed by atoms with van der Waals surface area (Å²) in [5.74, 6) is -0.0449. The minimum Gasteiger partial charge on any atom is -0.481 e. The van der Waals surface area contributed by atoms with E-state index < -0.39 is 23.7 Å². The SMILES string of the molecule is CC(C)(C)OC(=O)NCc1ccc(OC(=O)C2COC=N2)cc1. The van der Waals surface area contributed by atoms with Gasteiger partial charge >= 0.3 is 12.1 Å². The van der Waals surface area contributed by atoms with Crippen molar-refractivity contribution in [3.8, 4) is 5.75 Å². The number of nitrogens with one attached hydrogen (secondary N) is 1. The van der Waals surface area contributed by atoms with E-state index in [0.717, 1.165) is 5.56 Å². The third-order valence-electron chi connectivity index (χ3n) is 2.82. The van der Waals surface area contributed by atoms with Crippen LogP contribution < -0.4 is 10.1 Å². The fraction of sp³-hybridized carbons (Fsp3) is 0.438. The molecule has 1 amide bonds. The number of hydrogen-bond acceptors (Lipinski definition) is 6. The van der Waals surface area contributed by atoms with Gasteiger partial charge in [0.25, 0.3) is 0 Å². The summed E-state index contributed by atoms with van der Waals surface area (Å²) >= 11 is 0. The van der Waals surface area contributed by atoms with E-state index in [1.165, 1.54) is 6.40 Å². The Bertz CT molecular complexity index is 589. The average molecular weight is 320 g/mol. The highest BCUT2D eigenvalue weighted by molar-refractivity contribution is 5.81. The Morgan fingerprint density at radius 1 is 1.30 bits per heavy atom. The highest BCUT2D eigenvalue weighted by Crippen LogP contribution is 2.14. The normalized spacial score (nSPS) is 16.6. The van der Waals surface area contributed by atoms with E-state index in [1.807, 2.05) is 0 Å². The third-order valence-corrected chi connectivity index (χ3v) is 2.82. The van der Waals surface area contributed by atoms with Gasteiger partial charge in [-0.3, -0.25) is 0 Å². The van der Waals surface area contributed by atoms with Crippen molar-refractivity contribution in [1.82, 2.24) is 5.32 Å². The van der Waals surface area contributed by atoms with E-state index in [0.29, 0.717) is 12.3 Å². The number of carbonyl (C=O) groups excluding carboxylic acids is 2. The van der Waals surface area contributed by atoms with Crippen LogP contribution in [0.1, 0.15) is 26.3 Å². The van der Waals surface area contributed by atoms with Crippen molar-refractivity contribution in [3.05, 3.63) is 29.8 Å². The van der Waals surface area contributed by atoms with E-state index in [-0.39, 0.29) is 6.61 Å². The van der Waals surface area contributed by atoms with Crippen molar-refractivity contribution < 1.29 is 23.8 Å². The zero-order valence-electron chi connectivity index (χ0n) is 13.4. The van der Waals surface area contributed by atoms with E-state index in [9.17, 15) is 9.59 Å². The van der Waals surface area contributed by atoms with Crippen LogP contribution in [-0.2, 0) is 20.8 Å². The van der Waals surface area contributed by atoms with Crippen molar-refractivity contribution in [2.75, 3.05) is 6.61 Å². The highest BCUT2D eigenvalue weighted by Gasteiger charge is 2.23. The molecule has 23 heavy (non-hydrogen) atoms. The maximum atomic E-state index is 11.8. The van der Waals surface area contributed by atoms with Gasteiger partial charge in [0.05, 0.1) is 0 Å². The molecule has 1 aromatic carbocycles. The molecule has 124 valence electrons.